The molecule has 9 nitrogen and oxygen atoms in total. The summed E-state index contributed by atoms with van der Waals surface area (Å²) < 4.78 is 43.2. The number of rotatable bonds is 13. The van der Waals surface area contributed by atoms with Crippen LogP contribution in [0, 0.1) is 0 Å². The Bertz CT molecular complexity index is 1700. The van der Waals surface area contributed by atoms with Gasteiger partial charge in [-0.25, -0.2) is 13.3 Å². The number of benzene rings is 3. The molecule has 0 N–H and O–H groups in total. The van der Waals surface area contributed by atoms with Crippen LogP contribution < -0.4 is 9.04 Å². The SMILES string of the molecule is C[Si](C)(C)CCN1C(=O)CN(c2ccc(/C=C/c3ccnn3COCc3ccccc3)cc2OCc2ccccc2)S1(=O)=O. The summed E-state index contributed by atoms with van der Waals surface area (Å²) in [6.45, 7) is 7.42. The zero-order chi connectivity index (χ0) is 31.2. The van der Waals surface area contributed by atoms with E-state index in [1.54, 1.807) is 23.0 Å². The van der Waals surface area contributed by atoms with Crippen LogP contribution in [0.15, 0.2) is 91.1 Å². The summed E-state index contributed by atoms with van der Waals surface area (Å²) in [4.78, 5) is 12.9. The van der Waals surface area contributed by atoms with E-state index in [9.17, 15) is 13.2 Å². The van der Waals surface area contributed by atoms with Gasteiger partial charge in [0.1, 0.15) is 25.6 Å². The van der Waals surface area contributed by atoms with E-state index in [1.165, 1.54) is 0 Å². The van der Waals surface area contributed by atoms with Gasteiger partial charge in [0.15, 0.2) is 0 Å². The maximum Gasteiger partial charge on any atom is 0.329 e. The Hall–Kier alpha value is -4.19. The maximum atomic E-state index is 13.6. The van der Waals surface area contributed by atoms with Crippen LogP contribution in [0.4, 0.5) is 5.69 Å². The quantitative estimate of drug-likeness (QED) is 0.167. The Balaban J connectivity index is 1.37. The fourth-order valence-electron chi connectivity index (χ4n) is 4.71. The smallest absolute Gasteiger partial charge is 0.329 e. The minimum absolute atomic E-state index is 0.192. The van der Waals surface area contributed by atoms with Gasteiger partial charge in [0.25, 0.3) is 5.91 Å². The minimum Gasteiger partial charge on any atom is -0.487 e. The second kappa shape index (κ2) is 13.6. The Morgan fingerprint density at radius 3 is 2.25 bits per heavy atom. The van der Waals surface area contributed by atoms with E-state index >= 15 is 0 Å². The van der Waals surface area contributed by atoms with Crippen molar-refractivity contribution in [1.82, 2.24) is 14.1 Å². The Kier molecular flexibility index (Phi) is 9.67. The average Bonchev–Trinajstić information content (AvgIpc) is 3.54. The number of carbonyl (C=O) groups is 1. The van der Waals surface area contributed by atoms with Crippen LogP contribution in [0.25, 0.3) is 12.2 Å². The van der Waals surface area contributed by atoms with Gasteiger partial charge in [-0.3, -0.25) is 4.79 Å². The van der Waals surface area contributed by atoms with Crippen LogP contribution >= 0.6 is 0 Å². The zero-order valence-electron chi connectivity index (χ0n) is 25.3. The predicted octanol–water partition coefficient (Wildman–Crippen LogP) is 6.04. The predicted molar refractivity (Wildman–Crippen MR) is 176 cm³/mol. The Morgan fingerprint density at radius 1 is 0.886 bits per heavy atom. The molecule has 0 bridgehead atoms. The zero-order valence-corrected chi connectivity index (χ0v) is 27.1. The second-order valence-electron chi connectivity index (χ2n) is 11.8. The first-order valence-corrected chi connectivity index (χ1v) is 19.7. The van der Waals surface area contributed by atoms with Gasteiger partial charge in [-0.1, -0.05) is 92.4 Å². The molecule has 230 valence electrons. The number of anilines is 1. The highest BCUT2D eigenvalue weighted by atomic mass is 32.2. The molecule has 1 aliphatic rings. The van der Waals surface area contributed by atoms with Crippen molar-refractivity contribution in [3.8, 4) is 5.75 Å². The highest BCUT2D eigenvalue weighted by Crippen LogP contribution is 2.36. The number of hydrogen-bond donors (Lipinski definition) is 0. The molecule has 0 aliphatic carbocycles. The number of amides is 1. The van der Waals surface area contributed by atoms with Crippen molar-refractivity contribution in [3.63, 3.8) is 0 Å². The van der Waals surface area contributed by atoms with E-state index in [1.807, 2.05) is 84.9 Å². The van der Waals surface area contributed by atoms with Crippen LogP contribution in [0.5, 0.6) is 5.75 Å². The third kappa shape index (κ3) is 7.84. The molecule has 0 atom stereocenters. The van der Waals surface area contributed by atoms with Crippen LogP contribution in [0.3, 0.4) is 0 Å². The first-order chi connectivity index (χ1) is 21.1. The van der Waals surface area contributed by atoms with Crippen molar-refractivity contribution in [2.75, 3.05) is 17.4 Å². The number of carbonyl (C=O) groups excluding carboxylic acids is 1. The van der Waals surface area contributed by atoms with Crippen molar-refractivity contribution >= 4 is 42.0 Å². The van der Waals surface area contributed by atoms with Gasteiger partial charge in [0.05, 0.1) is 18.0 Å². The lowest BCUT2D eigenvalue weighted by Crippen LogP contribution is -2.37. The van der Waals surface area contributed by atoms with E-state index in [0.717, 1.165) is 31.0 Å². The van der Waals surface area contributed by atoms with Gasteiger partial charge in [-0.2, -0.15) is 13.5 Å². The molecule has 0 spiro atoms. The van der Waals surface area contributed by atoms with E-state index in [0.29, 0.717) is 30.8 Å². The van der Waals surface area contributed by atoms with Gasteiger partial charge < -0.3 is 9.47 Å². The van der Waals surface area contributed by atoms with Crippen LogP contribution in [-0.4, -0.2) is 49.6 Å². The van der Waals surface area contributed by atoms with Crippen LogP contribution in [-0.2, 0) is 39.7 Å². The van der Waals surface area contributed by atoms with Gasteiger partial charge >= 0.3 is 10.2 Å². The lowest BCUT2D eigenvalue weighted by molar-refractivity contribution is -0.123. The molecule has 2 heterocycles. The molecule has 4 aromatic rings. The molecule has 1 amide bonds. The summed E-state index contributed by atoms with van der Waals surface area (Å²) in [5.41, 5.74) is 4.01. The molecule has 1 fully saturated rings. The Morgan fingerprint density at radius 2 is 1.57 bits per heavy atom. The normalized spacial score (nSPS) is 14.9. The van der Waals surface area contributed by atoms with Crippen molar-refractivity contribution in [2.24, 2.45) is 0 Å². The summed E-state index contributed by atoms with van der Waals surface area (Å²) in [5.74, 6) is -0.0527. The summed E-state index contributed by atoms with van der Waals surface area (Å²) >= 11 is 0. The molecule has 5 rings (SSSR count). The number of nitrogens with zero attached hydrogens (tertiary/aromatic N) is 4. The average molecular weight is 631 g/mol. The van der Waals surface area contributed by atoms with Crippen molar-refractivity contribution < 1.29 is 22.7 Å². The third-order valence-corrected chi connectivity index (χ3v) is 10.7. The van der Waals surface area contributed by atoms with E-state index in [2.05, 4.69) is 24.7 Å². The van der Waals surface area contributed by atoms with Crippen LogP contribution in [0.2, 0.25) is 25.7 Å². The molecule has 1 aromatic heterocycles. The summed E-state index contributed by atoms with van der Waals surface area (Å²) in [7, 11) is -5.61. The molecule has 0 unspecified atom stereocenters. The van der Waals surface area contributed by atoms with Crippen molar-refractivity contribution in [1.29, 1.82) is 0 Å². The van der Waals surface area contributed by atoms with Gasteiger partial charge in [0, 0.05) is 20.8 Å². The molecule has 44 heavy (non-hydrogen) atoms. The monoisotopic (exact) mass is 630 g/mol. The van der Waals surface area contributed by atoms with Gasteiger partial charge in [-0.15, -0.1) is 0 Å². The standard InChI is InChI=1S/C33H38N4O5SSi/c1-44(2,3)21-20-36-33(38)23-37(43(36,39)40)31-17-15-27(22-32(31)42-25-29-12-8-5-9-13-29)14-16-30-18-19-34-35(30)26-41-24-28-10-6-4-7-11-28/h4-19,22H,20-21,23-26H2,1-3H3/b16-14+. The number of ether oxygens (including phenoxy) is 2. The van der Waals surface area contributed by atoms with Crippen molar-refractivity contribution in [3.05, 3.63) is 114 Å². The molecule has 1 aliphatic heterocycles. The lowest BCUT2D eigenvalue weighted by Gasteiger charge is -2.24. The van der Waals surface area contributed by atoms with E-state index < -0.39 is 24.2 Å². The van der Waals surface area contributed by atoms with E-state index in [-0.39, 0.29) is 19.7 Å². The third-order valence-electron chi connectivity index (χ3n) is 7.19. The molecule has 0 saturated carbocycles. The van der Waals surface area contributed by atoms with Gasteiger partial charge in [-0.05, 0) is 47.0 Å². The molecule has 1 saturated heterocycles. The first-order valence-electron chi connectivity index (χ1n) is 14.6. The largest absolute Gasteiger partial charge is 0.487 e. The molecule has 0 radical (unpaired) electrons. The lowest BCUT2D eigenvalue weighted by atomic mass is 10.1. The fourth-order valence-corrected chi connectivity index (χ4v) is 7.31. The van der Waals surface area contributed by atoms with Crippen LogP contribution in [0.1, 0.15) is 22.4 Å². The summed E-state index contributed by atoms with van der Waals surface area (Å²) in [5, 5.41) is 4.38. The molecule has 11 heteroatoms. The number of aromatic nitrogens is 2. The highest BCUT2D eigenvalue weighted by molar-refractivity contribution is 7.91. The summed E-state index contributed by atoms with van der Waals surface area (Å²) in [6.07, 6.45) is 5.54. The maximum absolute atomic E-state index is 13.6. The van der Waals surface area contributed by atoms with Crippen molar-refractivity contribution in [2.45, 2.75) is 45.6 Å². The molecular formula is C33H38N4O5SSi. The fraction of sp³-hybridized carbons (Fsp3) is 0.273. The second-order valence-corrected chi connectivity index (χ2v) is 19.2. The molecule has 3 aromatic carbocycles. The molecular weight excluding hydrogens is 593 g/mol. The minimum atomic E-state index is -4.04. The topological polar surface area (TPSA) is 94.0 Å². The highest BCUT2D eigenvalue weighted by Gasteiger charge is 2.43. The number of hydrogen-bond acceptors (Lipinski definition) is 6. The Labute approximate surface area is 260 Å². The van der Waals surface area contributed by atoms with Gasteiger partial charge in [0.2, 0.25) is 0 Å². The summed E-state index contributed by atoms with van der Waals surface area (Å²) in [6, 6.07) is 27.5. The first kappa shape index (κ1) is 31.2. The van der Waals surface area contributed by atoms with E-state index in [4.69, 9.17) is 9.47 Å².